The van der Waals surface area contributed by atoms with Gasteiger partial charge in [-0.25, -0.2) is 14.1 Å². The van der Waals surface area contributed by atoms with E-state index in [0.717, 1.165) is 6.04 Å². The number of nitriles is 1. The van der Waals surface area contributed by atoms with Crippen LogP contribution in [0.25, 0.3) is 28.0 Å². The maximum atomic E-state index is 13.7. The number of pyridine rings is 1. The molecule has 1 aromatic carbocycles. The summed E-state index contributed by atoms with van der Waals surface area (Å²) in [6, 6.07) is 12.8. The zero-order valence-corrected chi connectivity index (χ0v) is 21.2. The van der Waals surface area contributed by atoms with Crippen LogP contribution in [-0.4, -0.2) is 39.8 Å². The Morgan fingerprint density at radius 1 is 1.17 bits per heavy atom. The lowest BCUT2D eigenvalue weighted by Gasteiger charge is -2.16. The fourth-order valence-corrected chi connectivity index (χ4v) is 4.43. The van der Waals surface area contributed by atoms with Crippen LogP contribution >= 0.6 is 0 Å². The molecule has 4 aromatic rings. The van der Waals surface area contributed by atoms with Gasteiger partial charge in [0.1, 0.15) is 41.5 Å². The first-order valence-corrected chi connectivity index (χ1v) is 15.0. The molecule has 0 aliphatic heterocycles. The third kappa shape index (κ3) is 5.47. The van der Waals surface area contributed by atoms with Crippen LogP contribution in [0.1, 0.15) is 12.6 Å². The first kappa shape index (κ1) is 24.3. The van der Waals surface area contributed by atoms with E-state index in [4.69, 9.17) is 9.84 Å². The Morgan fingerprint density at radius 3 is 2.54 bits per heavy atom. The fourth-order valence-electron chi connectivity index (χ4n) is 3.67. The van der Waals surface area contributed by atoms with Crippen LogP contribution in [0.4, 0.5) is 10.2 Å². The summed E-state index contributed by atoms with van der Waals surface area (Å²) in [6.07, 6.45) is 3.29. The largest absolute Gasteiger partial charge is 0.359 e. The lowest BCUT2D eigenvalue weighted by Crippen LogP contribution is -2.22. The molecule has 35 heavy (non-hydrogen) atoms. The molecule has 0 bridgehead atoms. The molecule has 1 N–H and O–H groups in total. The maximum Gasteiger partial charge on any atom is 0.222 e. The van der Waals surface area contributed by atoms with E-state index in [1.54, 1.807) is 33.5 Å². The van der Waals surface area contributed by atoms with Crippen LogP contribution in [0, 0.1) is 17.1 Å². The predicted molar refractivity (Wildman–Crippen MR) is 135 cm³/mol. The Hall–Kier alpha value is -3.81. The molecule has 0 saturated carbocycles. The molecular weight excluding hydrogens is 463 g/mol. The maximum absolute atomic E-state index is 13.7. The van der Waals surface area contributed by atoms with Crippen LogP contribution in [0.3, 0.4) is 0 Å². The molecule has 4 rings (SSSR count). The van der Waals surface area contributed by atoms with E-state index in [-0.39, 0.29) is 18.5 Å². The van der Waals surface area contributed by atoms with Crippen molar-refractivity contribution in [3.05, 3.63) is 60.3 Å². The van der Waals surface area contributed by atoms with Crippen molar-refractivity contribution in [1.29, 1.82) is 5.26 Å². The van der Waals surface area contributed by atoms with E-state index in [1.807, 2.05) is 6.07 Å². The van der Waals surface area contributed by atoms with Crippen LogP contribution < -0.4 is 5.32 Å². The summed E-state index contributed by atoms with van der Waals surface area (Å²) in [4.78, 5) is 16.4. The molecule has 0 aliphatic rings. The van der Waals surface area contributed by atoms with Gasteiger partial charge in [-0.05, 0) is 42.4 Å². The normalized spacial score (nSPS) is 11.5. The minimum atomic E-state index is -1.28. The third-order valence-electron chi connectivity index (χ3n) is 5.48. The highest BCUT2D eigenvalue weighted by Gasteiger charge is 2.23. The number of anilines is 1. The van der Waals surface area contributed by atoms with Crippen LogP contribution in [0.15, 0.2) is 48.8 Å². The molecule has 0 atom stereocenters. The molecule has 1 amide bonds. The monoisotopic (exact) mass is 490 g/mol. The second kappa shape index (κ2) is 9.81. The van der Waals surface area contributed by atoms with Crippen molar-refractivity contribution < 1.29 is 13.9 Å². The molecule has 3 heterocycles. The van der Waals surface area contributed by atoms with Crippen LogP contribution in [0.2, 0.25) is 25.7 Å². The summed E-state index contributed by atoms with van der Waals surface area (Å²) in [6.45, 7) is 8.99. The van der Waals surface area contributed by atoms with Crippen molar-refractivity contribution in [2.75, 3.05) is 11.9 Å². The molecule has 0 radical (unpaired) electrons. The van der Waals surface area contributed by atoms with E-state index in [0.29, 0.717) is 46.2 Å². The Bertz CT molecular complexity index is 1410. The molecular formula is C25H27FN6O2Si. The van der Waals surface area contributed by atoms with Gasteiger partial charge in [-0.2, -0.15) is 10.4 Å². The van der Waals surface area contributed by atoms with Gasteiger partial charge in [-0.3, -0.25) is 9.20 Å². The average molecular weight is 491 g/mol. The van der Waals surface area contributed by atoms with Crippen molar-refractivity contribution in [2.24, 2.45) is 0 Å². The zero-order chi connectivity index (χ0) is 25.2. The van der Waals surface area contributed by atoms with E-state index < -0.39 is 8.07 Å². The van der Waals surface area contributed by atoms with Crippen LogP contribution in [-0.2, 0) is 16.3 Å². The van der Waals surface area contributed by atoms with Gasteiger partial charge in [0.15, 0.2) is 0 Å². The predicted octanol–water partition coefficient (Wildman–Crippen LogP) is 5.15. The second-order valence-electron chi connectivity index (χ2n) is 9.51. The van der Waals surface area contributed by atoms with E-state index >= 15 is 0 Å². The van der Waals surface area contributed by atoms with Crippen molar-refractivity contribution in [1.82, 2.24) is 19.2 Å². The highest BCUT2D eigenvalue weighted by molar-refractivity contribution is 6.76. The standard InChI is InChI=1S/C25H27FN6O2Si/c1-17(33)29-25-23(19-7-10-22-28-14-21(13-27)31(22)15-19)24(18-5-8-20(26)9-6-18)30-32(25)16-34-11-12-35(2,3)4/h5-10,14-15H,11-12,16H2,1-4H3,(H,29,33). The Morgan fingerprint density at radius 2 is 1.89 bits per heavy atom. The topological polar surface area (TPSA) is 97.2 Å². The van der Waals surface area contributed by atoms with Gasteiger partial charge in [0.2, 0.25) is 5.91 Å². The molecule has 8 nitrogen and oxygen atoms in total. The quantitative estimate of drug-likeness (QED) is 0.272. The van der Waals surface area contributed by atoms with Gasteiger partial charge in [0, 0.05) is 38.9 Å². The van der Waals surface area contributed by atoms with E-state index in [2.05, 4.69) is 36.0 Å². The Balaban J connectivity index is 1.86. The number of aromatic nitrogens is 4. The molecule has 0 fully saturated rings. The van der Waals surface area contributed by atoms with Gasteiger partial charge < -0.3 is 10.1 Å². The number of imidazole rings is 1. The number of benzene rings is 1. The minimum absolute atomic E-state index is 0.144. The fraction of sp³-hybridized carbons (Fsp3) is 0.280. The summed E-state index contributed by atoms with van der Waals surface area (Å²) in [5.74, 6) is -0.158. The molecule has 0 aliphatic carbocycles. The van der Waals surface area contributed by atoms with Gasteiger partial charge in [0.05, 0.1) is 11.8 Å². The van der Waals surface area contributed by atoms with E-state index in [1.165, 1.54) is 25.3 Å². The highest BCUT2D eigenvalue weighted by Crippen LogP contribution is 2.38. The first-order chi connectivity index (χ1) is 16.7. The molecule has 180 valence electrons. The van der Waals surface area contributed by atoms with Crippen molar-refractivity contribution in [2.45, 2.75) is 39.3 Å². The SMILES string of the molecule is CC(=O)Nc1c(-c2ccc3ncc(C#N)n3c2)c(-c2ccc(F)cc2)nn1COCC[Si](C)(C)C. The summed E-state index contributed by atoms with van der Waals surface area (Å²) in [5, 5.41) is 17.1. The number of carbonyl (C=O) groups excluding carboxylic acids is 1. The minimum Gasteiger partial charge on any atom is -0.359 e. The van der Waals surface area contributed by atoms with Gasteiger partial charge in [-0.1, -0.05) is 19.6 Å². The molecule has 0 spiro atoms. The first-order valence-electron chi connectivity index (χ1n) is 11.3. The van der Waals surface area contributed by atoms with Gasteiger partial charge in [0.25, 0.3) is 0 Å². The Kier molecular flexibility index (Phi) is 6.82. The summed E-state index contributed by atoms with van der Waals surface area (Å²) in [7, 11) is -1.28. The van der Waals surface area contributed by atoms with Gasteiger partial charge in [-0.15, -0.1) is 0 Å². The zero-order valence-electron chi connectivity index (χ0n) is 20.2. The number of halogens is 1. The highest BCUT2D eigenvalue weighted by atomic mass is 28.3. The number of hydrogen-bond acceptors (Lipinski definition) is 5. The number of carbonyl (C=O) groups is 1. The van der Waals surface area contributed by atoms with Crippen molar-refractivity contribution >= 4 is 25.4 Å². The number of hydrogen-bond donors (Lipinski definition) is 1. The van der Waals surface area contributed by atoms with E-state index in [9.17, 15) is 14.4 Å². The lowest BCUT2D eigenvalue weighted by atomic mass is 10.0. The molecule has 0 saturated heterocycles. The number of rotatable bonds is 8. The Labute approximate surface area is 204 Å². The average Bonchev–Trinajstić information content (AvgIpc) is 3.37. The van der Waals surface area contributed by atoms with Crippen molar-refractivity contribution in [3.63, 3.8) is 0 Å². The van der Waals surface area contributed by atoms with Gasteiger partial charge >= 0.3 is 0 Å². The number of nitrogens with zero attached hydrogens (tertiary/aromatic N) is 5. The number of amides is 1. The summed E-state index contributed by atoms with van der Waals surface area (Å²) in [5.41, 5.74) is 3.59. The molecule has 10 heteroatoms. The smallest absolute Gasteiger partial charge is 0.222 e. The van der Waals surface area contributed by atoms with Crippen molar-refractivity contribution in [3.8, 4) is 28.5 Å². The number of fused-ring (bicyclic) bond motifs is 1. The summed E-state index contributed by atoms with van der Waals surface area (Å²) < 4.78 is 22.9. The second-order valence-corrected chi connectivity index (χ2v) is 15.1. The number of nitrogens with one attached hydrogen (secondary N) is 1. The summed E-state index contributed by atoms with van der Waals surface area (Å²) >= 11 is 0. The number of ether oxygens (including phenoxy) is 1. The molecule has 3 aromatic heterocycles. The lowest BCUT2D eigenvalue weighted by molar-refractivity contribution is -0.114. The third-order valence-corrected chi connectivity index (χ3v) is 7.19. The van der Waals surface area contributed by atoms with Crippen LogP contribution in [0.5, 0.6) is 0 Å². The molecule has 0 unspecified atom stereocenters.